The summed E-state index contributed by atoms with van der Waals surface area (Å²) in [6.45, 7) is 4.99. The number of amides is 1. The molecule has 1 saturated heterocycles. The topological polar surface area (TPSA) is 94.7 Å². The van der Waals surface area contributed by atoms with Crippen molar-refractivity contribution in [1.82, 2.24) is 24.8 Å². The molecule has 154 valence electrons. The third kappa shape index (κ3) is 2.96. The Kier molecular flexibility index (Phi) is 4.34. The molecule has 5 rings (SSSR count). The van der Waals surface area contributed by atoms with E-state index in [-0.39, 0.29) is 16.9 Å². The van der Waals surface area contributed by atoms with Crippen LogP contribution in [0, 0.1) is 13.8 Å². The summed E-state index contributed by atoms with van der Waals surface area (Å²) in [4.78, 5) is 43.1. The molecule has 1 aliphatic carbocycles. The predicted molar refractivity (Wildman–Crippen MR) is 113 cm³/mol. The largest absolute Gasteiger partial charge is 0.341 e. The van der Waals surface area contributed by atoms with E-state index in [1.165, 1.54) is 0 Å². The molecule has 2 aromatic heterocycles. The Morgan fingerprint density at radius 2 is 1.90 bits per heavy atom. The molecule has 3 heterocycles. The molecule has 1 fully saturated rings. The molecule has 1 amide bonds. The average molecular weight is 403 g/mol. The fraction of sp³-hybridized carbons (Fsp3) is 0.391. The number of carbonyl (C=O) groups is 1. The Hall–Kier alpha value is -3.22. The van der Waals surface area contributed by atoms with Gasteiger partial charge in [-0.2, -0.15) is 0 Å². The number of hydrogen-bond donors (Lipinski definition) is 2. The van der Waals surface area contributed by atoms with Crippen LogP contribution in [0.5, 0.6) is 0 Å². The van der Waals surface area contributed by atoms with Gasteiger partial charge < -0.3 is 14.9 Å². The zero-order valence-corrected chi connectivity index (χ0v) is 17.3. The summed E-state index contributed by atoms with van der Waals surface area (Å²) < 4.78 is 0. The molecule has 1 aliphatic heterocycles. The van der Waals surface area contributed by atoms with Crippen molar-refractivity contribution in [2.45, 2.75) is 44.9 Å². The average Bonchev–Trinajstić information content (AvgIpc) is 3.30. The minimum atomic E-state index is -0.227. The quantitative estimate of drug-likeness (QED) is 0.688. The highest BCUT2D eigenvalue weighted by Gasteiger charge is 2.46. The van der Waals surface area contributed by atoms with Crippen LogP contribution in [-0.2, 0) is 11.8 Å². The second-order valence-corrected chi connectivity index (χ2v) is 8.51. The number of nitrogens with zero attached hydrogens (tertiary/aromatic N) is 3. The summed E-state index contributed by atoms with van der Waals surface area (Å²) in [5.74, 6) is 1.29. The van der Waals surface area contributed by atoms with Crippen LogP contribution < -0.4 is 5.56 Å². The molecule has 7 nitrogen and oxygen atoms in total. The van der Waals surface area contributed by atoms with Crippen LogP contribution in [0.1, 0.15) is 52.5 Å². The number of aromatic nitrogens is 4. The molecular formula is C23H25N5O2. The fourth-order valence-electron chi connectivity index (χ4n) is 5.02. The van der Waals surface area contributed by atoms with Crippen LogP contribution in [-0.4, -0.2) is 43.8 Å². The molecule has 0 radical (unpaired) electrons. The lowest BCUT2D eigenvalue weighted by Crippen LogP contribution is -2.48. The molecular weight excluding hydrogens is 378 g/mol. The van der Waals surface area contributed by atoms with Gasteiger partial charge in [-0.15, -0.1) is 0 Å². The Balaban J connectivity index is 1.45. The second-order valence-electron chi connectivity index (χ2n) is 8.51. The summed E-state index contributed by atoms with van der Waals surface area (Å²) in [7, 11) is 0. The van der Waals surface area contributed by atoms with E-state index in [4.69, 9.17) is 4.98 Å². The highest BCUT2D eigenvalue weighted by atomic mass is 16.2. The van der Waals surface area contributed by atoms with Gasteiger partial charge >= 0.3 is 0 Å². The summed E-state index contributed by atoms with van der Waals surface area (Å²) in [6, 6.07) is 9.82. The number of hydrogen-bond acceptors (Lipinski definition) is 4. The first kappa shape index (κ1) is 18.8. The van der Waals surface area contributed by atoms with Gasteiger partial charge in [-0.05, 0) is 39.5 Å². The number of aryl methyl sites for hydroxylation is 2. The van der Waals surface area contributed by atoms with Gasteiger partial charge in [-0.3, -0.25) is 9.59 Å². The van der Waals surface area contributed by atoms with Crippen molar-refractivity contribution in [3.05, 3.63) is 69.2 Å². The van der Waals surface area contributed by atoms with Crippen LogP contribution in [0.25, 0.3) is 11.4 Å². The third-order valence-corrected chi connectivity index (χ3v) is 6.49. The number of likely N-dealkylation sites (tertiary alicyclic amines) is 1. The Morgan fingerprint density at radius 1 is 1.10 bits per heavy atom. The lowest BCUT2D eigenvalue weighted by atomic mass is 9.77. The van der Waals surface area contributed by atoms with Crippen molar-refractivity contribution >= 4 is 5.91 Å². The number of imidazole rings is 1. The van der Waals surface area contributed by atoms with Crippen LogP contribution >= 0.6 is 0 Å². The van der Waals surface area contributed by atoms with Crippen molar-refractivity contribution in [3.8, 4) is 11.4 Å². The van der Waals surface area contributed by atoms with Gasteiger partial charge in [0.1, 0.15) is 17.3 Å². The van der Waals surface area contributed by atoms with Crippen molar-refractivity contribution < 1.29 is 4.79 Å². The first-order valence-corrected chi connectivity index (χ1v) is 10.5. The zero-order valence-electron chi connectivity index (χ0n) is 17.3. The van der Waals surface area contributed by atoms with Crippen LogP contribution in [0.2, 0.25) is 0 Å². The number of rotatable bonds is 2. The molecule has 1 atom stereocenters. The summed E-state index contributed by atoms with van der Waals surface area (Å²) in [5, 5.41) is 0. The fourth-order valence-corrected chi connectivity index (χ4v) is 5.02. The van der Waals surface area contributed by atoms with Gasteiger partial charge in [-0.25, -0.2) is 9.97 Å². The minimum absolute atomic E-state index is 0.0338. The van der Waals surface area contributed by atoms with Crippen molar-refractivity contribution in [1.29, 1.82) is 0 Å². The molecule has 2 aliphatic rings. The van der Waals surface area contributed by atoms with Gasteiger partial charge in [0, 0.05) is 35.3 Å². The number of piperidine rings is 1. The summed E-state index contributed by atoms with van der Waals surface area (Å²) in [5.41, 5.74) is 3.62. The molecule has 7 heteroatoms. The Labute approximate surface area is 174 Å². The first-order valence-electron chi connectivity index (χ1n) is 10.5. The van der Waals surface area contributed by atoms with E-state index in [1.807, 2.05) is 49.1 Å². The molecule has 0 saturated carbocycles. The third-order valence-electron chi connectivity index (χ3n) is 6.49. The number of benzene rings is 1. The standard InChI is InChI=1S/C23H25N5O2/c1-14-18(27-20(24-14)16-7-4-3-5-8-16)22(30)28-12-6-10-23(13-28)11-9-17-19(23)25-15(2)26-21(17)29/h3-5,7-8H,6,9-13H2,1-2H3,(H,24,27)(H,25,26,29). The lowest BCUT2D eigenvalue weighted by Gasteiger charge is -2.40. The van der Waals surface area contributed by atoms with Gasteiger partial charge in [0.15, 0.2) is 0 Å². The molecule has 1 unspecified atom stereocenters. The van der Waals surface area contributed by atoms with E-state index < -0.39 is 0 Å². The second kappa shape index (κ2) is 6.93. The van der Waals surface area contributed by atoms with Crippen molar-refractivity contribution in [3.63, 3.8) is 0 Å². The Bertz CT molecular complexity index is 1180. The monoisotopic (exact) mass is 403 g/mol. The normalized spacial score (nSPS) is 20.5. The smallest absolute Gasteiger partial charge is 0.274 e. The van der Waals surface area contributed by atoms with Gasteiger partial charge in [0.25, 0.3) is 11.5 Å². The van der Waals surface area contributed by atoms with Crippen molar-refractivity contribution in [2.75, 3.05) is 13.1 Å². The maximum Gasteiger partial charge on any atom is 0.274 e. The lowest BCUT2D eigenvalue weighted by molar-refractivity contribution is 0.0627. The van der Waals surface area contributed by atoms with Crippen LogP contribution in [0.15, 0.2) is 35.1 Å². The van der Waals surface area contributed by atoms with E-state index in [0.29, 0.717) is 30.4 Å². The maximum atomic E-state index is 13.4. The predicted octanol–water partition coefficient (Wildman–Crippen LogP) is 2.90. The van der Waals surface area contributed by atoms with Crippen LogP contribution in [0.4, 0.5) is 0 Å². The summed E-state index contributed by atoms with van der Waals surface area (Å²) in [6.07, 6.45) is 3.43. The molecule has 2 N–H and O–H groups in total. The molecule has 0 bridgehead atoms. The van der Waals surface area contributed by atoms with Gasteiger partial charge in [0.2, 0.25) is 0 Å². The Morgan fingerprint density at radius 3 is 2.70 bits per heavy atom. The maximum absolute atomic E-state index is 13.4. The molecule has 1 aromatic carbocycles. The zero-order chi connectivity index (χ0) is 20.9. The highest BCUT2D eigenvalue weighted by molar-refractivity contribution is 5.94. The molecule has 1 spiro atoms. The van der Waals surface area contributed by atoms with Crippen LogP contribution in [0.3, 0.4) is 0 Å². The number of carbonyl (C=O) groups excluding carboxylic acids is 1. The first-order chi connectivity index (χ1) is 14.5. The van der Waals surface area contributed by atoms with Crippen molar-refractivity contribution in [2.24, 2.45) is 0 Å². The van der Waals surface area contributed by atoms with E-state index in [1.54, 1.807) is 0 Å². The molecule has 30 heavy (non-hydrogen) atoms. The summed E-state index contributed by atoms with van der Waals surface area (Å²) >= 11 is 0. The van der Waals surface area contributed by atoms with Gasteiger partial charge in [-0.1, -0.05) is 30.3 Å². The van der Waals surface area contributed by atoms with E-state index in [2.05, 4.69) is 15.0 Å². The minimum Gasteiger partial charge on any atom is -0.341 e. The van der Waals surface area contributed by atoms with E-state index >= 15 is 0 Å². The number of H-pyrrole nitrogens is 2. The molecule has 3 aromatic rings. The number of fused-ring (bicyclic) bond motifs is 2. The SMILES string of the molecule is Cc1nc2c(c(=O)[nH]1)CCC21CCCN(C(=O)c2nc(-c3ccccc3)[nH]c2C)C1. The highest BCUT2D eigenvalue weighted by Crippen LogP contribution is 2.43. The number of aromatic amines is 2. The van der Waals surface area contributed by atoms with E-state index in [9.17, 15) is 9.59 Å². The van der Waals surface area contributed by atoms with Gasteiger partial charge in [0.05, 0.1) is 5.69 Å². The van der Waals surface area contributed by atoms with E-state index in [0.717, 1.165) is 48.2 Å². The number of nitrogens with one attached hydrogen (secondary N) is 2.